The van der Waals surface area contributed by atoms with Crippen molar-refractivity contribution in [2.24, 2.45) is 5.92 Å². The molecule has 1 aliphatic heterocycles. The lowest BCUT2D eigenvalue weighted by Crippen LogP contribution is -2.20. The molecule has 1 saturated heterocycles. The lowest BCUT2D eigenvalue weighted by molar-refractivity contribution is 0.108. The van der Waals surface area contributed by atoms with E-state index in [0.717, 1.165) is 29.7 Å². The summed E-state index contributed by atoms with van der Waals surface area (Å²) < 4.78 is 6.52. The quantitative estimate of drug-likeness (QED) is 0.917. The van der Waals surface area contributed by atoms with Gasteiger partial charge in [0.15, 0.2) is 0 Å². The highest BCUT2D eigenvalue weighted by Crippen LogP contribution is 2.21. The molecule has 2 unspecified atom stereocenters. The Labute approximate surface area is 98.4 Å². The van der Waals surface area contributed by atoms with Gasteiger partial charge in [0.2, 0.25) is 0 Å². The molecule has 1 aliphatic rings. The summed E-state index contributed by atoms with van der Waals surface area (Å²) in [5, 5.41) is 3.39. The summed E-state index contributed by atoms with van der Waals surface area (Å²) in [6, 6.07) is 2.04. The van der Waals surface area contributed by atoms with Crippen molar-refractivity contribution in [2.75, 3.05) is 18.5 Å². The monoisotopic (exact) mass is 270 g/mol. The van der Waals surface area contributed by atoms with E-state index in [9.17, 15) is 0 Å². The van der Waals surface area contributed by atoms with Crippen molar-refractivity contribution in [3.8, 4) is 0 Å². The predicted molar refractivity (Wildman–Crippen MR) is 63.9 cm³/mol. The minimum absolute atomic E-state index is 0.373. The molecule has 0 radical (unpaired) electrons. The fraction of sp³-hybridized carbons (Fsp3) is 0.545. The van der Waals surface area contributed by atoms with E-state index in [2.05, 4.69) is 33.2 Å². The number of ether oxygens (including phenoxy) is 1. The Hall–Kier alpha value is -0.610. The van der Waals surface area contributed by atoms with E-state index in [1.165, 1.54) is 0 Å². The minimum Gasteiger partial charge on any atom is -0.383 e. The molecule has 0 amide bonds. The molecule has 1 N–H and O–H groups in total. The van der Waals surface area contributed by atoms with Crippen molar-refractivity contribution in [1.82, 2.24) is 4.98 Å². The molecule has 2 rings (SSSR count). The molecule has 4 heteroatoms. The van der Waals surface area contributed by atoms with Crippen molar-refractivity contribution in [2.45, 2.75) is 19.4 Å². The maximum Gasteiger partial charge on any atom is 0.0592 e. The Balaban J connectivity index is 1.87. The molecule has 0 aliphatic carbocycles. The Morgan fingerprint density at radius 2 is 2.47 bits per heavy atom. The lowest BCUT2D eigenvalue weighted by Gasteiger charge is -2.15. The Morgan fingerprint density at radius 3 is 3.13 bits per heavy atom. The second-order valence-corrected chi connectivity index (χ2v) is 4.81. The van der Waals surface area contributed by atoms with Crippen LogP contribution in [0, 0.1) is 5.92 Å². The average Bonchev–Trinajstić information content (AvgIpc) is 2.61. The number of pyridine rings is 1. The van der Waals surface area contributed by atoms with Gasteiger partial charge in [0.1, 0.15) is 0 Å². The van der Waals surface area contributed by atoms with Gasteiger partial charge in [-0.15, -0.1) is 0 Å². The van der Waals surface area contributed by atoms with E-state index >= 15 is 0 Å². The van der Waals surface area contributed by atoms with Gasteiger partial charge in [0.25, 0.3) is 0 Å². The van der Waals surface area contributed by atoms with E-state index in [1.54, 1.807) is 6.20 Å². The van der Waals surface area contributed by atoms with Gasteiger partial charge in [0, 0.05) is 29.7 Å². The summed E-state index contributed by atoms with van der Waals surface area (Å²) in [6.45, 7) is 3.99. The molecular weight excluding hydrogens is 256 g/mol. The molecule has 1 aromatic rings. The molecule has 82 valence electrons. The van der Waals surface area contributed by atoms with Gasteiger partial charge in [-0.25, -0.2) is 0 Å². The van der Waals surface area contributed by atoms with Gasteiger partial charge in [-0.1, -0.05) is 0 Å². The molecule has 0 spiro atoms. The third kappa shape index (κ3) is 2.92. The number of hydrogen-bond donors (Lipinski definition) is 1. The van der Waals surface area contributed by atoms with Crippen molar-refractivity contribution < 1.29 is 4.74 Å². The first-order valence-corrected chi connectivity index (χ1v) is 6.01. The molecule has 0 saturated carbocycles. The molecule has 3 nitrogen and oxygen atoms in total. The molecule has 2 atom stereocenters. The largest absolute Gasteiger partial charge is 0.383 e. The van der Waals surface area contributed by atoms with Crippen LogP contribution in [-0.4, -0.2) is 24.2 Å². The van der Waals surface area contributed by atoms with E-state index in [4.69, 9.17) is 4.74 Å². The molecule has 2 heterocycles. The summed E-state index contributed by atoms with van der Waals surface area (Å²) >= 11 is 3.40. The average molecular weight is 271 g/mol. The smallest absolute Gasteiger partial charge is 0.0592 e. The van der Waals surface area contributed by atoms with E-state index < -0.39 is 0 Å². The number of halogens is 1. The van der Waals surface area contributed by atoms with Gasteiger partial charge >= 0.3 is 0 Å². The number of hydrogen-bond acceptors (Lipinski definition) is 3. The first-order chi connectivity index (χ1) is 7.25. The van der Waals surface area contributed by atoms with E-state index in [0.29, 0.717) is 12.0 Å². The maximum absolute atomic E-state index is 5.51. The van der Waals surface area contributed by atoms with E-state index in [-0.39, 0.29) is 0 Å². The number of aromatic nitrogens is 1. The van der Waals surface area contributed by atoms with Crippen LogP contribution >= 0.6 is 15.9 Å². The normalized spacial score (nSPS) is 25.5. The highest BCUT2D eigenvalue weighted by molar-refractivity contribution is 9.10. The maximum atomic E-state index is 5.51. The van der Waals surface area contributed by atoms with Crippen molar-refractivity contribution >= 4 is 21.6 Å². The number of nitrogens with zero attached hydrogens (tertiary/aromatic N) is 1. The van der Waals surface area contributed by atoms with Crippen LogP contribution in [0.1, 0.15) is 13.3 Å². The number of rotatable bonds is 3. The molecule has 1 fully saturated rings. The van der Waals surface area contributed by atoms with Crippen LogP contribution in [0.15, 0.2) is 22.9 Å². The summed E-state index contributed by atoms with van der Waals surface area (Å²) in [6.07, 6.45) is 5.14. The van der Waals surface area contributed by atoms with Crippen LogP contribution < -0.4 is 5.32 Å². The highest BCUT2D eigenvalue weighted by atomic mass is 79.9. The summed E-state index contributed by atoms with van der Waals surface area (Å²) in [5.74, 6) is 0.615. The molecular formula is C11H15BrN2O. The fourth-order valence-electron chi connectivity index (χ4n) is 1.80. The molecule has 1 aromatic heterocycles. The van der Waals surface area contributed by atoms with Crippen LogP contribution in [0.3, 0.4) is 0 Å². The zero-order valence-electron chi connectivity index (χ0n) is 8.74. The van der Waals surface area contributed by atoms with Crippen molar-refractivity contribution in [1.29, 1.82) is 0 Å². The number of nitrogens with one attached hydrogen (secondary N) is 1. The van der Waals surface area contributed by atoms with E-state index in [1.807, 2.05) is 12.3 Å². The van der Waals surface area contributed by atoms with Crippen LogP contribution in [0.5, 0.6) is 0 Å². The topological polar surface area (TPSA) is 34.1 Å². The first kappa shape index (κ1) is 10.9. The zero-order valence-corrected chi connectivity index (χ0v) is 10.3. The lowest BCUT2D eigenvalue weighted by atomic mass is 10.0. The van der Waals surface area contributed by atoms with Crippen LogP contribution in [0.4, 0.5) is 5.69 Å². The van der Waals surface area contributed by atoms with Crippen LogP contribution in [0.25, 0.3) is 0 Å². The SMILES string of the molecule is CC1OCCC1CNc1cncc(Br)c1. The van der Waals surface area contributed by atoms with Gasteiger partial charge < -0.3 is 10.1 Å². The van der Waals surface area contributed by atoms with Crippen molar-refractivity contribution in [3.05, 3.63) is 22.9 Å². The van der Waals surface area contributed by atoms with Crippen LogP contribution in [0.2, 0.25) is 0 Å². The summed E-state index contributed by atoms with van der Waals surface area (Å²) in [4.78, 5) is 4.11. The molecule has 0 aromatic carbocycles. The summed E-state index contributed by atoms with van der Waals surface area (Å²) in [7, 11) is 0. The standard InChI is InChI=1S/C11H15BrN2O/c1-8-9(2-3-15-8)5-14-11-4-10(12)6-13-7-11/h4,6-9,14H,2-3,5H2,1H3. The third-order valence-corrected chi connectivity index (χ3v) is 3.24. The zero-order chi connectivity index (χ0) is 10.7. The Bertz CT molecular complexity index is 332. The Morgan fingerprint density at radius 1 is 1.60 bits per heavy atom. The minimum atomic E-state index is 0.373. The third-order valence-electron chi connectivity index (χ3n) is 2.81. The van der Waals surface area contributed by atoms with Crippen LogP contribution in [-0.2, 0) is 4.74 Å². The Kier molecular flexibility index (Phi) is 3.59. The molecule has 0 bridgehead atoms. The second kappa shape index (κ2) is 4.94. The van der Waals surface area contributed by atoms with Gasteiger partial charge in [-0.05, 0) is 35.3 Å². The number of anilines is 1. The van der Waals surface area contributed by atoms with Gasteiger partial charge in [-0.2, -0.15) is 0 Å². The predicted octanol–water partition coefficient (Wildman–Crippen LogP) is 2.68. The van der Waals surface area contributed by atoms with Gasteiger partial charge in [-0.3, -0.25) is 4.98 Å². The molecule has 15 heavy (non-hydrogen) atoms. The van der Waals surface area contributed by atoms with Gasteiger partial charge in [0.05, 0.1) is 18.0 Å². The summed E-state index contributed by atoms with van der Waals surface area (Å²) in [5.41, 5.74) is 1.06. The second-order valence-electron chi connectivity index (χ2n) is 3.90. The first-order valence-electron chi connectivity index (χ1n) is 5.22. The van der Waals surface area contributed by atoms with Crippen molar-refractivity contribution in [3.63, 3.8) is 0 Å². The fourth-order valence-corrected chi connectivity index (χ4v) is 2.17. The highest BCUT2D eigenvalue weighted by Gasteiger charge is 2.23.